The predicted molar refractivity (Wildman–Crippen MR) is 145 cm³/mol. The van der Waals surface area contributed by atoms with E-state index in [0.717, 1.165) is 7.11 Å². The lowest BCUT2D eigenvalue weighted by molar-refractivity contribution is -0.485. The quantitative estimate of drug-likeness (QED) is 0.0971. The molecule has 0 aromatic carbocycles. The fourth-order valence-corrected chi connectivity index (χ4v) is 3.26. The second-order valence-corrected chi connectivity index (χ2v) is 11.4. The third-order valence-corrected chi connectivity index (χ3v) is 6.27. The lowest BCUT2D eigenvalue weighted by Crippen LogP contribution is -2.61. The van der Waals surface area contributed by atoms with Gasteiger partial charge in [-0.05, 0) is 13.3 Å². The van der Waals surface area contributed by atoms with Crippen molar-refractivity contribution in [3.63, 3.8) is 0 Å². The Balaban J connectivity index is 6.40. The van der Waals surface area contributed by atoms with Crippen LogP contribution in [0, 0.1) is 0 Å². The van der Waals surface area contributed by atoms with Crippen LogP contribution in [0.4, 0.5) is 79.8 Å². The molecule has 0 heterocycles. The van der Waals surface area contributed by atoms with Crippen molar-refractivity contribution in [1.82, 2.24) is 10.6 Å². The summed E-state index contributed by atoms with van der Waals surface area (Å²) in [6, 6.07) is -4.01. The molecule has 328 valence electrons. The maximum Gasteiger partial charge on any atom is 0.462 e. The largest absolute Gasteiger partial charge is 0.462 e. The number of halogens is 16. The first-order chi connectivity index (χ1) is 24.6. The highest BCUT2D eigenvalue weighted by molar-refractivity contribution is 5.69. The van der Waals surface area contributed by atoms with E-state index in [1.54, 1.807) is 10.6 Å². The van der Waals surface area contributed by atoms with Crippen molar-refractivity contribution < 1.29 is 123 Å². The van der Waals surface area contributed by atoms with Crippen molar-refractivity contribution in [2.75, 3.05) is 53.4 Å². The van der Waals surface area contributed by atoms with Crippen molar-refractivity contribution >= 4 is 12.2 Å². The van der Waals surface area contributed by atoms with Crippen molar-refractivity contribution in [2.24, 2.45) is 0 Å². The van der Waals surface area contributed by atoms with Crippen LogP contribution in [-0.2, 0) is 33.2 Å². The molecule has 0 aliphatic rings. The molecule has 0 aromatic heterocycles. The third kappa shape index (κ3) is 16.6. The molecular weight excluding hydrogens is 820 g/mol. The molecule has 0 fully saturated rings. The summed E-state index contributed by atoms with van der Waals surface area (Å²) < 4.78 is 241. The monoisotopic (exact) mass is 856 g/mol. The van der Waals surface area contributed by atoms with Crippen molar-refractivity contribution in [3.8, 4) is 0 Å². The SMILES string of the molecule is CCC(O)COCC(NC(=O)OCC(F)(OC(F)(F)C(F)(F)C(F)(F)F)C(F)(F)F)C(COCC(O)COC)NC(=O)OCC(C)(F)OC(F)(F)C(C)(F)F. The number of aliphatic hydroxyl groups excluding tert-OH is 2. The molecule has 0 radical (unpaired) electrons. The summed E-state index contributed by atoms with van der Waals surface area (Å²) in [6.07, 6.45) is -33.9. The van der Waals surface area contributed by atoms with Crippen LogP contribution in [-0.4, -0.2) is 148 Å². The number of alkyl halides is 16. The van der Waals surface area contributed by atoms with E-state index in [4.69, 9.17) is 9.47 Å². The van der Waals surface area contributed by atoms with Gasteiger partial charge >= 0.3 is 54.5 Å². The summed E-state index contributed by atoms with van der Waals surface area (Å²) in [5, 5.41) is 22.8. The molecule has 13 nitrogen and oxygen atoms in total. The molecule has 0 saturated heterocycles. The fraction of sp³-hybridized carbons (Fsp3) is 0.923. The number of methoxy groups -OCH3 is 1. The van der Waals surface area contributed by atoms with Gasteiger partial charge in [0.15, 0.2) is 13.2 Å². The van der Waals surface area contributed by atoms with Gasteiger partial charge in [0.1, 0.15) is 6.10 Å². The molecule has 0 rings (SSSR count). The Morgan fingerprint density at radius 1 is 0.600 bits per heavy atom. The summed E-state index contributed by atoms with van der Waals surface area (Å²) >= 11 is 0. The van der Waals surface area contributed by atoms with Gasteiger partial charge in [0.2, 0.25) is 5.85 Å². The number of alkyl carbamates (subject to hydrolysis) is 2. The summed E-state index contributed by atoms with van der Waals surface area (Å²) in [4.78, 5) is 24.9. The lowest BCUT2D eigenvalue weighted by Gasteiger charge is -2.34. The summed E-state index contributed by atoms with van der Waals surface area (Å²) in [7, 11) is 1.12. The van der Waals surface area contributed by atoms with Crippen LogP contribution < -0.4 is 10.6 Å². The van der Waals surface area contributed by atoms with Crippen LogP contribution in [0.25, 0.3) is 0 Å². The van der Waals surface area contributed by atoms with Crippen LogP contribution >= 0.6 is 0 Å². The minimum absolute atomic E-state index is 0.00420. The Kier molecular flexibility index (Phi) is 19.0. The highest BCUT2D eigenvalue weighted by Gasteiger charge is 2.78. The summed E-state index contributed by atoms with van der Waals surface area (Å²) in [6.45, 7) is -7.67. The average molecular weight is 857 g/mol. The van der Waals surface area contributed by atoms with Crippen LogP contribution in [0.2, 0.25) is 0 Å². The van der Waals surface area contributed by atoms with Gasteiger partial charge in [0.05, 0.1) is 51.2 Å². The van der Waals surface area contributed by atoms with E-state index >= 15 is 0 Å². The highest BCUT2D eigenvalue weighted by Crippen LogP contribution is 2.51. The number of hydrogen-bond acceptors (Lipinski definition) is 11. The van der Waals surface area contributed by atoms with E-state index in [1.165, 1.54) is 6.92 Å². The lowest BCUT2D eigenvalue weighted by atomic mass is 10.1. The maximum absolute atomic E-state index is 14.6. The second-order valence-electron chi connectivity index (χ2n) is 11.4. The second kappa shape index (κ2) is 20.0. The topological polar surface area (TPSA) is 163 Å². The summed E-state index contributed by atoms with van der Waals surface area (Å²) in [5.74, 6) is -22.5. The summed E-state index contributed by atoms with van der Waals surface area (Å²) in [5.41, 5.74) is 0. The smallest absolute Gasteiger partial charge is 0.443 e. The Bertz CT molecular complexity index is 1190. The van der Waals surface area contributed by atoms with Crippen molar-refractivity contribution in [1.29, 1.82) is 0 Å². The molecule has 0 aromatic rings. The Morgan fingerprint density at radius 3 is 1.42 bits per heavy atom. The predicted octanol–water partition coefficient (Wildman–Crippen LogP) is 4.97. The third-order valence-electron chi connectivity index (χ3n) is 6.27. The molecule has 0 aliphatic carbocycles. The van der Waals surface area contributed by atoms with Crippen LogP contribution in [0.5, 0.6) is 0 Å². The number of rotatable bonds is 24. The van der Waals surface area contributed by atoms with Gasteiger partial charge in [-0.2, -0.15) is 65.9 Å². The number of nitrogens with one attached hydrogen (secondary N) is 2. The normalized spacial score (nSPS) is 18.0. The fourth-order valence-electron chi connectivity index (χ4n) is 3.26. The molecule has 2 amide bonds. The van der Waals surface area contributed by atoms with Crippen LogP contribution in [0.15, 0.2) is 0 Å². The van der Waals surface area contributed by atoms with E-state index in [1.807, 2.05) is 0 Å². The molecule has 0 bridgehead atoms. The first-order valence-corrected chi connectivity index (χ1v) is 14.9. The standard InChI is InChI=1S/C26H36F16N2O11/c1-5-13(45)7-50-9-15(44-18(48)53-12-21(30,23(33,34)35)55-26(41,42)22(31,32)24(36,37)38)16(10-51-8-14(46)6-49-4)43-17(47)52-11-19(2,27)54-25(39,40)20(3,28)29/h13-16,45-46H,5-12H2,1-4H3,(H,43,47)(H,44,48). The molecule has 0 aliphatic heterocycles. The number of amides is 2. The Morgan fingerprint density at radius 2 is 1.04 bits per heavy atom. The Labute approximate surface area is 299 Å². The zero-order valence-corrected chi connectivity index (χ0v) is 28.6. The maximum atomic E-state index is 14.6. The minimum atomic E-state index is -7.44. The van der Waals surface area contributed by atoms with Gasteiger partial charge in [0, 0.05) is 14.0 Å². The van der Waals surface area contributed by atoms with Crippen LogP contribution in [0.1, 0.15) is 27.2 Å². The average Bonchev–Trinajstić information content (AvgIpc) is 2.99. The molecule has 4 N–H and O–H groups in total. The van der Waals surface area contributed by atoms with Crippen molar-refractivity contribution in [3.05, 3.63) is 0 Å². The van der Waals surface area contributed by atoms with Gasteiger partial charge in [-0.3, -0.25) is 9.47 Å². The van der Waals surface area contributed by atoms with E-state index in [2.05, 4.69) is 23.7 Å². The number of hydrogen-bond donors (Lipinski definition) is 4. The highest BCUT2D eigenvalue weighted by atomic mass is 19.4. The number of ether oxygens (including phenoxy) is 7. The van der Waals surface area contributed by atoms with E-state index < -0.39 is 131 Å². The minimum Gasteiger partial charge on any atom is -0.443 e. The van der Waals surface area contributed by atoms with E-state index in [0.29, 0.717) is 0 Å². The van der Waals surface area contributed by atoms with Gasteiger partial charge in [-0.25, -0.2) is 14.0 Å². The Hall–Kier alpha value is -2.86. The molecular formula is C26H36F16N2O11. The van der Waals surface area contributed by atoms with E-state index in [-0.39, 0.29) is 20.3 Å². The van der Waals surface area contributed by atoms with Crippen molar-refractivity contribution in [2.45, 2.75) is 99.6 Å². The molecule has 0 spiro atoms. The van der Waals surface area contributed by atoms with Crippen LogP contribution in [0.3, 0.4) is 0 Å². The molecule has 55 heavy (non-hydrogen) atoms. The zero-order chi connectivity index (χ0) is 43.5. The van der Waals surface area contributed by atoms with Gasteiger partial charge in [-0.1, -0.05) is 6.92 Å². The molecule has 29 heteroatoms. The first-order valence-electron chi connectivity index (χ1n) is 14.9. The first kappa shape index (κ1) is 52.1. The molecule has 6 atom stereocenters. The molecule has 0 saturated carbocycles. The zero-order valence-electron chi connectivity index (χ0n) is 28.6. The van der Waals surface area contributed by atoms with Gasteiger partial charge in [-0.15, -0.1) is 0 Å². The van der Waals surface area contributed by atoms with E-state index in [9.17, 15) is 90.0 Å². The number of carbonyl (C=O) groups excluding carboxylic acids is 2. The number of aliphatic hydroxyl groups is 2. The molecule has 6 unspecified atom stereocenters. The number of carbonyl (C=O) groups is 2. The van der Waals surface area contributed by atoms with Gasteiger partial charge in [0.25, 0.3) is 0 Å². The van der Waals surface area contributed by atoms with Gasteiger partial charge < -0.3 is 44.5 Å².